The Morgan fingerprint density at radius 3 is 2.23 bits per heavy atom. The summed E-state index contributed by atoms with van der Waals surface area (Å²) >= 11 is 0. The van der Waals surface area contributed by atoms with E-state index < -0.39 is 23.0 Å². The molecule has 4 rings (SSSR count). The van der Waals surface area contributed by atoms with Crippen molar-refractivity contribution in [3.8, 4) is 28.4 Å². The minimum Gasteiger partial charge on any atom is -0.497 e. The van der Waals surface area contributed by atoms with Crippen LogP contribution in [0.3, 0.4) is 0 Å². The Hall–Kier alpha value is -3.82. The number of fused-ring (bicyclic) bond motifs is 1. The van der Waals surface area contributed by atoms with Gasteiger partial charge in [-0.05, 0) is 55.2 Å². The lowest BCUT2D eigenvalue weighted by Gasteiger charge is -2.21. The van der Waals surface area contributed by atoms with E-state index in [1.54, 1.807) is 18.2 Å². The Kier molecular flexibility index (Phi) is 6.31. The summed E-state index contributed by atoms with van der Waals surface area (Å²) < 4.78 is 53.5. The highest BCUT2D eigenvalue weighted by Crippen LogP contribution is 2.37. The third kappa shape index (κ3) is 4.48. The minimum absolute atomic E-state index is 0.208. The zero-order valence-electron chi connectivity index (χ0n) is 19.7. The Morgan fingerprint density at radius 1 is 1.03 bits per heavy atom. The highest BCUT2D eigenvalue weighted by atomic mass is 19.4. The van der Waals surface area contributed by atoms with Crippen molar-refractivity contribution < 1.29 is 27.4 Å². The van der Waals surface area contributed by atoms with Gasteiger partial charge >= 0.3 is 6.18 Å². The molecule has 1 aliphatic carbocycles. The molecule has 1 aromatic heterocycles. The number of anilines is 1. The topological polar surface area (TPSA) is 73.7 Å². The van der Waals surface area contributed by atoms with Crippen molar-refractivity contribution in [3.05, 3.63) is 63.4 Å². The normalized spacial score (nSPS) is 12.9. The van der Waals surface area contributed by atoms with Gasteiger partial charge in [-0.3, -0.25) is 9.59 Å². The number of hydrogen-bond donors (Lipinski definition) is 0. The summed E-state index contributed by atoms with van der Waals surface area (Å²) in [6.07, 6.45) is -3.06. The Labute approximate surface area is 199 Å². The molecule has 0 saturated heterocycles. The van der Waals surface area contributed by atoms with Gasteiger partial charge in [0.15, 0.2) is 0 Å². The van der Waals surface area contributed by atoms with Crippen molar-refractivity contribution in [3.63, 3.8) is 0 Å². The van der Waals surface area contributed by atoms with Gasteiger partial charge in [0.05, 0.1) is 31.2 Å². The third-order valence-corrected chi connectivity index (χ3v) is 6.15. The Bertz CT molecular complexity index is 1340. The maximum Gasteiger partial charge on any atom is 0.418 e. The van der Waals surface area contributed by atoms with E-state index in [1.807, 2.05) is 0 Å². The second kappa shape index (κ2) is 9.09. The average Bonchev–Trinajstić information content (AvgIpc) is 3.33. The second-order valence-corrected chi connectivity index (χ2v) is 8.25. The summed E-state index contributed by atoms with van der Waals surface area (Å²) in [6, 6.07) is 8.28. The van der Waals surface area contributed by atoms with Crippen LogP contribution in [0.25, 0.3) is 16.9 Å². The van der Waals surface area contributed by atoms with E-state index in [-0.39, 0.29) is 11.6 Å². The van der Waals surface area contributed by atoms with Crippen LogP contribution in [0.15, 0.2) is 41.2 Å². The predicted octanol–water partition coefficient (Wildman–Crippen LogP) is 4.41. The molecular formula is C25H24F3N3O4. The van der Waals surface area contributed by atoms with Crippen molar-refractivity contribution in [2.24, 2.45) is 0 Å². The van der Waals surface area contributed by atoms with Gasteiger partial charge in [-0.1, -0.05) is 0 Å². The van der Waals surface area contributed by atoms with Crippen molar-refractivity contribution in [2.45, 2.75) is 32.4 Å². The molecule has 1 heterocycles. The highest BCUT2D eigenvalue weighted by molar-refractivity contribution is 5.91. The number of benzene rings is 2. The van der Waals surface area contributed by atoms with Gasteiger partial charge < -0.3 is 14.4 Å². The largest absolute Gasteiger partial charge is 0.497 e. The van der Waals surface area contributed by atoms with E-state index in [1.165, 1.54) is 39.2 Å². The summed E-state index contributed by atoms with van der Waals surface area (Å²) in [5.74, 6) is 0.590. The molecule has 0 aliphatic heterocycles. The zero-order chi connectivity index (χ0) is 25.5. The van der Waals surface area contributed by atoms with Crippen LogP contribution in [0.5, 0.6) is 11.5 Å². The number of methoxy groups -OCH3 is 2. The van der Waals surface area contributed by atoms with Crippen molar-refractivity contribution in [2.75, 3.05) is 26.2 Å². The van der Waals surface area contributed by atoms with Gasteiger partial charge in [-0.2, -0.15) is 23.0 Å². The number of nitrogens with zero attached hydrogens (tertiary/aromatic N) is 3. The molecule has 1 amide bonds. The molecular weight excluding hydrogens is 463 g/mol. The second-order valence-electron chi connectivity index (χ2n) is 8.25. The lowest BCUT2D eigenvalue weighted by molar-refractivity contribution is -0.137. The highest BCUT2D eigenvalue weighted by Gasteiger charge is 2.36. The molecule has 0 spiro atoms. The van der Waals surface area contributed by atoms with Gasteiger partial charge in [0.2, 0.25) is 5.91 Å². The maximum absolute atomic E-state index is 14.0. The van der Waals surface area contributed by atoms with Crippen LogP contribution in [-0.2, 0) is 23.8 Å². The molecule has 2 aromatic carbocycles. The van der Waals surface area contributed by atoms with E-state index >= 15 is 0 Å². The first-order valence-corrected chi connectivity index (χ1v) is 10.9. The van der Waals surface area contributed by atoms with Crippen molar-refractivity contribution in [1.29, 1.82) is 0 Å². The molecule has 35 heavy (non-hydrogen) atoms. The molecule has 3 aromatic rings. The number of carbonyl (C=O) groups excluding carboxylic acids is 1. The van der Waals surface area contributed by atoms with Crippen LogP contribution < -0.4 is 19.9 Å². The molecule has 0 bridgehead atoms. The van der Waals surface area contributed by atoms with E-state index in [2.05, 4.69) is 5.10 Å². The first kappa shape index (κ1) is 24.3. The molecule has 0 radical (unpaired) electrons. The molecule has 184 valence electrons. The number of amides is 1. The summed E-state index contributed by atoms with van der Waals surface area (Å²) in [4.78, 5) is 26.4. The van der Waals surface area contributed by atoms with Crippen LogP contribution in [0.1, 0.15) is 30.0 Å². The van der Waals surface area contributed by atoms with Gasteiger partial charge in [0.25, 0.3) is 5.56 Å². The van der Waals surface area contributed by atoms with Gasteiger partial charge in [0.1, 0.15) is 11.5 Å². The SMILES string of the molecule is COc1cc(OC)cc(-c2nn(-c3cc(N(C)C(C)=O)ccc3C(F)(F)F)c(=O)c3c2CCC3)c1. The van der Waals surface area contributed by atoms with Gasteiger partial charge in [0, 0.05) is 36.9 Å². The molecule has 0 atom stereocenters. The number of halogens is 3. The summed E-state index contributed by atoms with van der Waals surface area (Å²) in [6.45, 7) is 1.30. The smallest absolute Gasteiger partial charge is 0.418 e. The first-order chi connectivity index (χ1) is 16.5. The molecule has 0 saturated carbocycles. The van der Waals surface area contributed by atoms with Gasteiger partial charge in [-0.15, -0.1) is 0 Å². The standard InChI is InChI=1S/C25H24F3N3O4/c1-14(32)30(2)16-8-9-21(25(26,27)28)22(12-16)31-24(33)20-7-5-6-19(20)23(29-31)15-10-17(34-3)13-18(11-15)35-4/h8-13H,5-7H2,1-4H3. The zero-order valence-corrected chi connectivity index (χ0v) is 19.7. The minimum atomic E-state index is -4.75. The van der Waals surface area contributed by atoms with Crippen molar-refractivity contribution >= 4 is 11.6 Å². The fraction of sp³-hybridized carbons (Fsp3) is 0.320. The van der Waals surface area contributed by atoms with Crippen LogP contribution in [0.2, 0.25) is 0 Å². The van der Waals surface area contributed by atoms with E-state index in [0.29, 0.717) is 53.1 Å². The van der Waals surface area contributed by atoms with Crippen LogP contribution in [0.4, 0.5) is 18.9 Å². The number of rotatable bonds is 5. The third-order valence-electron chi connectivity index (χ3n) is 6.15. The molecule has 7 nitrogen and oxygen atoms in total. The fourth-order valence-corrected chi connectivity index (χ4v) is 4.24. The molecule has 10 heteroatoms. The monoisotopic (exact) mass is 487 g/mol. The van der Waals surface area contributed by atoms with E-state index in [9.17, 15) is 22.8 Å². The Balaban J connectivity index is 2.04. The maximum atomic E-state index is 14.0. The lowest BCUT2D eigenvalue weighted by atomic mass is 10.0. The summed E-state index contributed by atoms with van der Waals surface area (Å²) in [5, 5.41) is 4.44. The average molecular weight is 487 g/mol. The van der Waals surface area contributed by atoms with Crippen LogP contribution in [0, 0.1) is 0 Å². The lowest BCUT2D eigenvalue weighted by Crippen LogP contribution is -2.29. The van der Waals surface area contributed by atoms with Crippen LogP contribution >= 0.6 is 0 Å². The van der Waals surface area contributed by atoms with Gasteiger partial charge in [-0.25, -0.2) is 0 Å². The number of ether oxygens (including phenoxy) is 2. The van der Waals surface area contributed by atoms with Crippen molar-refractivity contribution in [1.82, 2.24) is 9.78 Å². The van der Waals surface area contributed by atoms with Crippen LogP contribution in [-0.4, -0.2) is 37.0 Å². The van der Waals surface area contributed by atoms with E-state index in [0.717, 1.165) is 16.8 Å². The Morgan fingerprint density at radius 2 is 1.66 bits per heavy atom. The predicted molar refractivity (Wildman–Crippen MR) is 124 cm³/mol. The molecule has 0 N–H and O–H groups in total. The quantitative estimate of drug-likeness (QED) is 0.533. The first-order valence-electron chi connectivity index (χ1n) is 10.9. The number of alkyl halides is 3. The number of carbonyl (C=O) groups is 1. The molecule has 0 fully saturated rings. The summed E-state index contributed by atoms with van der Waals surface area (Å²) in [7, 11) is 4.43. The number of hydrogen-bond acceptors (Lipinski definition) is 5. The summed E-state index contributed by atoms with van der Waals surface area (Å²) in [5.41, 5.74) is 0.191. The molecule has 1 aliphatic rings. The van der Waals surface area contributed by atoms with E-state index in [4.69, 9.17) is 9.47 Å². The number of aromatic nitrogens is 2. The fourth-order valence-electron chi connectivity index (χ4n) is 4.24. The molecule has 0 unspecified atom stereocenters.